The fourth-order valence-electron chi connectivity index (χ4n) is 3.40. The van der Waals surface area contributed by atoms with Gasteiger partial charge >= 0.3 is 0 Å². The highest BCUT2D eigenvalue weighted by Gasteiger charge is 2.12. The molecule has 0 aliphatic rings. The zero-order chi connectivity index (χ0) is 22.5. The summed E-state index contributed by atoms with van der Waals surface area (Å²) in [5.74, 6) is -0.197. The fraction of sp³-hybridized carbons (Fsp3) is 0.154. The SMILES string of the molecule is Cc1cccc(CNC(=O)c2cnn(-c3cccc(C(=O)Cc4ccc(C)nc4)c3)c2)c1. The molecule has 1 N–H and O–H groups in total. The highest BCUT2D eigenvalue weighted by molar-refractivity contribution is 5.98. The molecule has 0 aliphatic carbocycles. The van der Waals surface area contributed by atoms with Gasteiger partial charge in [0.05, 0.1) is 17.4 Å². The van der Waals surface area contributed by atoms with E-state index in [2.05, 4.69) is 15.4 Å². The number of carbonyl (C=O) groups is 2. The Hall–Kier alpha value is -4.06. The highest BCUT2D eigenvalue weighted by atomic mass is 16.1. The molecule has 2 heterocycles. The van der Waals surface area contributed by atoms with E-state index < -0.39 is 0 Å². The van der Waals surface area contributed by atoms with Crippen LogP contribution in [0.2, 0.25) is 0 Å². The Morgan fingerprint density at radius 3 is 2.53 bits per heavy atom. The molecule has 2 aromatic heterocycles. The van der Waals surface area contributed by atoms with Crippen LogP contribution < -0.4 is 5.32 Å². The number of aryl methyl sites for hydroxylation is 2. The maximum Gasteiger partial charge on any atom is 0.254 e. The number of aromatic nitrogens is 3. The molecule has 0 saturated carbocycles. The first kappa shape index (κ1) is 21.2. The summed E-state index contributed by atoms with van der Waals surface area (Å²) in [5, 5.41) is 7.22. The molecular formula is C26H24N4O2. The minimum atomic E-state index is -0.197. The summed E-state index contributed by atoms with van der Waals surface area (Å²) in [6.07, 6.45) is 5.20. The molecule has 0 spiro atoms. The van der Waals surface area contributed by atoms with Gasteiger partial charge < -0.3 is 5.32 Å². The summed E-state index contributed by atoms with van der Waals surface area (Å²) in [4.78, 5) is 29.5. The second-order valence-electron chi connectivity index (χ2n) is 7.80. The van der Waals surface area contributed by atoms with Gasteiger partial charge in [0.2, 0.25) is 0 Å². The lowest BCUT2D eigenvalue weighted by Crippen LogP contribution is -2.22. The number of benzene rings is 2. The van der Waals surface area contributed by atoms with E-state index >= 15 is 0 Å². The van der Waals surface area contributed by atoms with Gasteiger partial charge in [-0.2, -0.15) is 5.10 Å². The molecule has 1 amide bonds. The number of nitrogens with zero attached hydrogens (tertiary/aromatic N) is 3. The van der Waals surface area contributed by atoms with Crippen molar-refractivity contribution < 1.29 is 9.59 Å². The van der Waals surface area contributed by atoms with E-state index in [0.717, 1.165) is 28.1 Å². The van der Waals surface area contributed by atoms with Gasteiger partial charge in [-0.3, -0.25) is 14.6 Å². The maximum absolute atomic E-state index is 12.7. The number of rotatable bonds is 7. The standard InChI is InChI=1S/C26H24N4O2/c1-18-5-3-6-20(11-18)15-28-26(32)23-16-29-30(17-23)24-8-4-7-22(13-24)25(31)12-21-10-9-19(2)27-14-21/h3-11,13-14,16-17H,12,15H2,1-2H3,(H,28,32). The monoisotopic (exact) mass is 424 g/mol. The predicted octanol–water partition coefficient (Wildman–Crippen LogP) is 4.24. The van der Waals surface area contributed by atoms with E-state index in [1.165, 1.54) is 6.20 Å². The second kappa shape index (κ2) is 9.39. The summed E-state index contributed by atoms with van der Waals surface area (Å²) in [7, 11) is 0. The molecule has 0 atom stereocenters. The van der Waals surface area contributed by atoms with Crippen LogP contribution >= 0.6 is 0 Å². The summed E-state index contributed by atoms with van der Waals surface area (Å²) in [5.41, 5.74) is 5.75. The van der Waals surface area contributed by atoms with E-state index in [-0.39, 0.29) is 18.1 Å². The lowest BCUT2D eigenvalue weighted by molar-refractivity contribution is 0.0949. The molecule has 2 aromatic carbocycles. The Kier molecular flexibility index (Phi) is 6.22. The predicted molar refractivity (Wildman–Crippen MR) is 123 cm³/mol. The molecule has 4 aromatic rings. The number of pyridine rings is 1. The van der Waals surface area contributed by atoms with E-state index in [4.69, 9.17) is 0 Å². The number of hydrogen-bond donors (Lipinski definition) is 1. The molecular weight excluding hydrogens is 400 g/mol. The van der Waals surface area contributed by atoms with Crippen LogP contribution in [0.15, 0.2) is 79.3 Å². The van der Waals surface area contributed by atoms with Crippen molar-refractivity contribution in [1.29, 1.82) is 0 Å². The van der Waals surface area contributed by atoms with Gasteiger partial charge in [-0.25, -0.2) is 4.68 Å². The number of ketones is 1. The van der Waals surface area contributed by atoms with Crippen LogP contribution in [0, 0.1) is 13.8 Å². The van der Waals surface area contributed by atoms with Crippen molar-refractivity contribution >= 4 is 11.7 Å². The van der Waals surface area contributed by atoms with Crippen LogP contribution in [0.3, 0.4) is 0 Å². The molecule has 0 aliphatic heterocycles. The van der Waals surface area contributed by atoms with Gasteiger partial charge in [-0.1, -0.05) is 48.0 Å². The van der Waals surface area contributed by atoms with E-state index in [1.54, 1.807) is 29.2 Å². The molecule has 0 fully saturated rings. The van der Waals surface area contributed by atoms with Gasteiger partial charge in [-0.05, 0) is 43.2 Å². The Bertz CT molecular complexity index is 1260. The Balaban J connectivity index is 1.43. The molecule has 6 heteroatoms. The first-order valence-corrected chi connectivity index (χ1v) is 10.4. The van der Waals surface area contributed by atoms with Crippen molar-refractivity contribution in [2.75, 3.05) is 0 Å². The molecule has 4 rings (SSSR count). The second-order valence-corrected chi connectivity index (χ2v) is 7.80. The number of amides is 1. The zero-order valence-electron chi connectivity index (χ0n) is 18.1. The van der Waals surface area contributed by atoms with Crippen LogP contribution in [0.5, 0.6) is 0 Å². The van der Waals surface area contributed by atoms with Crippen molar-refractivity contribution in [3.8, 4) is 5.69 Å². The summed E-state index contributed by atoms with van der Waals surface area (Å²) in [6, 6.07) is 19.1. The number of carbonyl (C=O) groups excluding carboxylic acids is 2. The van der Waals surface area contributed by atoms with Crippen molar-refractivity contribution in [2.24, 2.45) is 0 Å². The number of hydrogen-bond acceptors (Lipinski definition) is 4. The lowest BCUT2D eigenvalue weighted by Gasteiger charge is -2.06. The van der Waals surface area contributed by atoms with Crippen molar-refractivity contribution in [2.45, 2.75) is 26.8 Å². The zero-order valence-corrected chi connectivity index (χ0v) is 18.1. The summed E-state index contributed by atoms with van der Waals surface area (Å²) < 4.78 is 1.60. The third kappa shape index (κ3) is 5.16. The third-order valence-corrected chi connectivity index (χ3v) is 5.15. The van der Waals surface area contributed by atoms with Gasteiger partial charge in [-0.15, -0.1) is 0 Å². The average Bonchev–Trinajstić information content (AvgIpc) is 3.30. The van der Waals surface area contributed by atoms with E-state index in [1.807, 2.05) is 62.4 Å². The minimum Gasteiger partial charge on any atom is -0.348 e. The number of Topliss-reactive ketones (excluding diaryl/α,β-unsaturated/α-hetero) is 1. The third-order valence-electron chi connectivity index (χ3n) is 5.15. The van der Waals surface area contributed by atoms with Crippen molar-refractivity contribution in [3.63, 3.8) is 0 Å². The fourth-order valence-corrected chi connectivity index (χ4v) is 3.40. The first-order valence-electron chi connectivity index (χ1n) is 10.4. The van der Waals surface area contributed by atoms with Crippen molar-refractivity contribution in [1.82, 2.24) is 20.1 Å². The molecule has 32 heavy (non-hydrogen) atoms. The smallest absolute Gasteiger partial charge is 0.254 e. The average molecular weight is 425 g/mol. The van der Waals surface area contributed by atoms with Gasteiger partial charge in [0.25, 0.3) is 5.91 Å². The topological polar surface area (TPSA) is 76.9 Å². The van der Waals surface area contributed by atoms with Crippen molar-refractivity contribution in [3.05, 3.63) is 113 Å². The lowest BCUT2D eigenvalue weighted by atomic mass is 10.0. The van der Waals surface area contributed by atoms with Crippen LogP contribution in [-0.4, -0.2) is 26.5 Å². The minimum absolute atomic E-state index is 0.000722. The quantitative estimate of drug-likeness (QED) is 0.450. The molecule has 0 unspecified atom stereocenters. The Morgan fingerprint density at radius 2 is 1.75 bits per heavy atom. The van der Waals surface area contributed by atoms with E-state index in [9.17, 15) is 9.59 Å². The Labute approximate surface area is 186 Å². The summed E-state index contributed by atoms with van der Waals surface area (Å²) in [6.45, 7) is 4.38. The molecule has 0 bridgehead atoms. The molecule has 160 valence electrons. The number of nitrogens with one attached hydrogen (secondary N) is 1. The van der Waals surface area contributed by atoms with Crippen LogP contribution in [-0.2, 0) is 13.0 Å². The largest absolute Gasteiger partial charge is 0.348 e. The summed E-state index contributed by atoms with van der Waals surface area (Å²) >= 11 is 0. The van der Waals surface area contributed by atoms with Gasteiger partial charge in [0, 0.05) is 36.6 Å². The first-order chi connectivity index (χ1) is 15.5. The van der Waals surface area contributed by atoms with Crippen LogP contribution in [0.4, 0.5) is 0 Å². The normalized spacial score (nSPS) is 10.7. The van der Waals surface area contributed by atoms with Crippen LogP contribution in [0.1, 0.15) is 43.1 Å². The van der Waals surface area contributed by atoms with E-state index in [0.29, 0.717) is 17.7 Å². The maximum atomic E-state index is 12.7. The van der Waals surface area contributed by atoms with Gasteiger partial charge in [0.1, 0.15) is 0 Å². The van der Waals surface area contributed by atoms with Gasteiger partial charge in [0.15, 0.2) is 5.78 Å². The molecule has 6 nitrogen and oxygen atoms in total. The highest BCUT2D eigenvalue weighted by Crippen LogP contribution is 2.14. The Morgan fingerprint density at radius 1 is 0.906 bits per heavy atom. The van der Waals surface area contributed by atoms with Crippen LogP contribution in [0.25, 0.3) is 5.69 Å². The molecule has 0 radical (unpaired) electrons. The molecule has 0 saturated heterocycles.